The lowest BCUT2D eigenvalue weighted by Crippen LogP contribution is -1.86. The molecule has 1 rings (SSSR count). The van der Waals surface area contributed by atoms with Crippen molar-refractivity contribution in [3.05, 3.63) is 28.7 Å². The SMILES string of the molecule is CC.CNc1ccccc1Br. The molecular weight excluding hydrogens is 202 g/mol. The number of hydrogen-bond acceptors (Lipinski definition) is 1. The van der Waals surface area contributed by atoms with E-state index in [1.54, 1.807) is 0 Å². The van der Waals surface area contributed by atoms with Gasteiger partial charge in [-0.15, -0.1) is 0 Å². The number of hydrogen-bond donors (Lipinski definition) is 1. The average Bonchev–Trinajstić information content (AvgIpc) is 2.09. The summed E-state index contributed by atoms with van der Waals surface area (Å²) in [4.78, 5) is 0. The van der Waals surface area contributed by atoms with Crippen LogP contribution in [0.1, 0.15) is 13.8 Å². The van der Waals surface area contributed by atoms with Crippen molar-refractivity contribution < 1.29 is 0 Å². The van der Waals surface area contributed by atoms with Gasteiger partial charge in [0.2, 0.25) is 0 Å². The van der Waals surface area contributed by atoms with Crippen molar-refractivity contribution in [1.29, 1.82) is 0 Å². The van der Waals surface area contributed by atoms with Gasteiger partial charge in [-0.2, -0.15) is 0 Å². The molecule has 0 fully saturated rings. The van der Waals surface area contributed by atoms with Crippen molar-refractivity contribution >= 4 is 21.6 Å². The molecule has 1 N–H and O–H groups in total. The monoisotopic (exact) mass is 215 g/mol. The van der Waals surface area contributed by atoms with Gasteiger partial charge in [-0.25, -0.2) is 0 Å². The van der Waals surface area contributed by atoms with Crippen LogP contribution >= 0.6 is 15.9 Å². The summed E-state index contributed by atoms with van der Waals surface area (Å²) in [5, 5.41) is 3.05. The number of rotatable bonds is 1. The van der Waals surface area contributed by atoms with Crippen LogP contribution in [0.3, 0.4) is 0 Å². The van der Waals surface area contributed by atoms with E-state index in [1.165, 1.54) is 0 Å². The highest BCUT2D eigenvalue weighted by molar-refractivity contribution is 9.10. The molecule has 0 aromatic heterocycles. The second-order valence-electron chi connectivity index (χ2n) is 1.73. The summed E-state index contributed by atoms with van der Waals surface area (Å²) in [6, 6.07) is 8.01. The Morgan fingerprint density at radius 2 is 1.73 bits per heavy atom. The van der Waals surface area contributed by atoms with E-state index in [4.69, 9.17) is 0 Å². The second kappa shape index (κ2) is 6.23. The summed E-state index contributed by atoms with van der Waals surface area (Å²) in [6.07, 6.45) is 0. The van der Waals surface area contributed by atoms with Crippen LogP contribution in [0.15, 0.2) is 28.7 Å². The molecule has 0 aliphatic heterocycles. The summed E-state index contributed by atoms with van der Waals surface area (Å²) in [7, 11) is 1.90. The van der Waals surface area contributed by atoms with Crippen LogP contribution < -0.4 is 5.32 Å². The highest BCUT2D eigenvalue weighted by atomic mass is 79.9. The van der Waals surface area contributed by atoms with E-state index in [2.05, 4.69) is 21.2 Å². The Morgan fingerprint density at radius 3 is 2.09 bits per heavy atom. The first-order valence-corrected chi connectivity index (χ1v) is 4.56. The lowest BCUT2D eigenvalue weighted by molar-refractivity contribution is 1.49. The third kappa shape index (κ3) is 3.42. The Labute approximate surface area is 76.9 Å². The number of halogens is 1. The van der Waals surface area contributed by atoms with Crippen LogP contribution in [0, 0.1) is 0 Å². The summed E-state index contributed by atoms with van der Waals surface area (Å²) >= 11 is 3.39. The fourth-order valence-corrected chi connectivity index (χ4v) is 1.15. The Bertz CT molecular complexity index is 199. The Kier molecular flexibility index (Phi) is 5.94. The maximum absolute atomic E-state index is 3.39. The second-order valence-corrected chi connectivity index (χ2v) is 2.58. The van der Waals surface area contributed by atoms with Crippen LogP contribution in [0.25, 0.3) is 0 Å². The van der Waals surface area contributed by atoms with Gasteiger partial charge in [-0.1, -0.05) is 26.0 Å². The number of nitrogens with one attached hydrogen (secondary N) is 1. The van der Waals surface area contributed by atoms with Crippen LogP contribution in [-0.4, -0.2) is 7.05 Å². The molecular formula is C9H14BrN. The van der Waals surface area contributed by atoms with E-state index in [0.717, 1.165) is 10.2 Å². The third-order valence-electron chi connectivity index (χ3n) is 1.14. The molecule has 0 saturated heterocycles. The maximum Gasteiger partial charge on any atom is 0.0482 e. The Hall–Kier alpha value is -0.500. The van der Waals surface area contributed by atoms with Gasteiger partial charge in [0.1, 0.15) is 0 Å². The van der Waals surface area contributed by atoms with Gasteiger partial charge in [0.05, 0.1) is 0 Å². The average molecular weight is 216 g/mol. The fraction of sp³-hybridized carbons (Fsp3) is 0.333. The van der Waals surface area contributed by atoms with E-state index >= 15 is 0 Å². The van der Waals surface area contributed by atoms with Crippen molar-refractivity contribution in [1.82, 2.24) is 0 Å². The molecule has 1 aromatic carbocycles. The molecule has 11 heavy (non-hydrogen) atoms. The molecule has 0 amide bonds. The summed E-state index contributed by atoms with van der Waals surface area (Å²) in [6.45, 7) is 4.00. The molecule has 0 radical (unpaired) electrons. The lowest BCUT2D eigenvalue weighted by Gasteiger charge is -1.99. The van der Waals surface area contributed by atoms with E-state index in [-0.39, 0.29) is 0 Å². The van der Waals surface area contributed by atoms with Gasteiger partial charge >= 0.3 is 0 Å². The van der Waals surface area contributed by atoms with Gasteiger partial charge < -0.3 is 5.32 Å². The third-order valence-corrected chi connectivity index (χ3v) is 1.83. The standard InChI is InChI=1S/C7H8BrN.C2H6/c1-9-7-5-3-2-4-6(7)8;1-2/h2-5,9H,1H3;1-2H3. The van der Waals surface area contributed by atoms with Crippen LogP contribution in [0.5, 0.6) is 0 Å². The Balaban J connectivity index is 0.000000461. The molecule has 0 unspecified atom stereocenters. The molecule has 1 nitrogen and oxygen atoms in total. The highest BCUT2D eigenvalue weighted by Gasteiger charge is 1.90. The van der Waals surface area contributed by atoms with Crippen molar-refractivity contribution in [2.75, 3.05) is 12.4 Å². The minimum Gasteiger partial charge on any atom is -0.387 e. The number of para-hydroxylation sites is 1. The highest BCUT2D eigenvalue weighted by Crippen LogP contribution is 2.19. The first kappa shape index (κ1) is 10.5. The largest absolute Gasteiger partial charge is 0.387 e. The zero-order valence-electron chi connectivity index (χ0n) is 7.19. The zero-order chi connectivity index (χ0) is 8.69. The van der Waals surface area contributed by atoms with Crippen molar-refractivity contribution in [2.24, 2.45) is 0 Å². The van der Waals surface area contributed by atoms with Gasteiger partial charge in [-0.3, -0.25) is 0 Å². The van der Waals surface area contributed by atoms with Gasteiger partial charge in [0.15, 0.2) is 0 Å². The van der Waals surface area contributed by atoms with Crippen molar-refractivity contribution in [3.8, 4) is 0 Å². The molecule has 1 aromatic rings. The topological polar surface area (TPSA) is 12.0 Å². The summed E-state index contributed by atoms with van der Waals surface area (Å²) in [5.41, 5.74) is 1.12. The normalized spacial score (nSPS) is 8.00. The maximum atomic E-state index is 3.39. The van der Waals surface area contributed by atoms with Crippen LogP contribution in [0.2, 0.25) is 0 Å². The molecule has 0 aliphatic carbocycles. The quantitative estimate of drug-likeness (QED) is 0.757. The van der Waals surface area contributed by atoms with E-state index in [1.807, 2.05) is 45.2 Å². The lowest BCUT2D eigenvalue weighted by atomic mass is 10.3. The molecule has 0 heterocycles. The minimum atomic E-state index is 1.10. The van der Waals surface area contributed by atoms with Crippen molar-refractivity contribution in [3.63, 3.8) is 0 Å². The number of benzene rings is 1. The first-order valence-electron chi connectivity index (χ1n) is 3.77. The number of anilines is 1. The van der Waals surface area contributed by atoms with Gasteiger partial charge in [0.25, 0.3) is 0 Å². The predicted octanol–water partition coefficient (Wildman–Crippen LogP) is 3.52. The van der Waals surface area contributed by atoms with Crippen LogP contribution in [-0.2, 0) is 0 Å². The van der Waals surface area contributed by atoms with Crippen LogP contribution in [0.4, 0.5) is 5.69 Å². The summed E-state index contributed by atoms with van der Waals surface area (Å²) < 4.78 is 1.10. The first-order chi connectivity index (χ1) is 5.34. The minimum absolute atomic E-state index is 1.10. The summed E-state index contributed by atoms with van der Waals surface area (Å²) in [5.74, 6) is 0. The van der Waals surface area contributed by atoms with E-state index in [9.17, 15) is 0 Å². The molecule has 2 heteroatoms. The predicted molar refractivity (Wildman–Crippen MR) is 55.0 cm³/mol. The van der Waals surface area contributed by atoms with Gasteiger partial charge in [-0.05, 0) is 28.1 Å². The molecule has 0 atom stereocenters. The van der Waals surface area contributed by atoms with Crippen molar-refractivity contribution in [2.45, 2.75) is 13.8 Å². The fourth-order valence-electron chi connectivity index (χ4n) is 0.664. The molecule has 62 valence electrons. The molecule has 0 spiro atoms. The molecule has 0 bridgehead atoms. The van der Waals surface area contributed by atoms with Gasteiger partial charge in [0, 0.05) is 17.2 Å². The van der Waals surface area contributed by atoms with E-state index < -0.39 is 0 Å². The molecule has 0 aliphatic rings. The zero-order valence-corrected chi connectivity index (χ0v) is 8.77. The van der Waals surface area contributed by atoms with E-state index in [0.29, 0.717) is 0 Å². The smallest absolute Gasteiger partial charge is 0.0482 e. The Morgan fingerprint density at radius 1 is 1.18 bits per heavy atom. The molecule has 0 saturated carbocycles.